The predicted molar refractivity (Wildman–Crippen MR) is 103 cm³/mol. The van der Waals surface area contributed by atoms with Crippen molar-refractivity contribution in [1.82, 2.24) is 20.0 Å². The molecule has 3 rings (SSSR count). The maximum absolute atomic E-state index is 12.6. The van der Waals surface area contributed by atoms with Crippen LogP contribution in [0, 0.1) is 0 Å². The summed E-state index contributed by atoms with van der Waals surface area (Å²) in [7, 11) is 2.07. The number of likely N-dealkylation sites (N-methyl/N-ethyl adjacent to an activating group) is 1. The van der Waals surface area contributed by atoms with Crippen LogP contribution in [-0.4, -0.2) is 65.2 Å². The number of carbonyl (C=O) groups excluding carboxylic acids is 1. The van der Waals surface area contributed by atoms with Gasteiger partial charge >= 0.3 is 0 Å². The summed E-state index contributed by atoms with van der Waals surface area (Å²) >= 11 is 0. The van der Waals surface area contributed by atoms with E-state index in [1.807, 2.05) is 29.2 Å². The molecule has 0 radical (unpaired) electrons. The maximum atomic E-state index is 12.6. The third-order valence-electron chi connectivity index (χ3n) is 4.77. The number of aromatic nitrogens is 2. The van der Waals surface area contributed by atoms with Crippen LogP contribution in [0.4, 0.5) is 5.82 Å². The average molecular weight is 353 g/mol. The van der Waals surface area contributed by atoms with Gasteiger partial charge in [-0.3, -0.25) is 4.79 Å². The summed E-state index contributed by atoms with van der Waals surface area (Å²) in [6.45, 7) is 8.31. The lowest BCUT2D eigenvalue weighted by molar-refractivity contribution is 0.0657. The van der Waals surface area contributed by atoms with E-state index in [1.54, 1.807) is 6.07 Å². The van der Waals surface area contributed by atoms with Gasteiger partial charge < -0.3 is 14.7 Å². The normalized spacial score (nSPS) is 15.3. The molecule has 1 aromatic heterocycles. The Labute approximate surface area is 155 Å². The fourth-order valence-electron chi connectivity index (χ4n) is 3.07. The summed E-state index contributed by atoms with van der Waals surface area (Å²) in [5.74, 6) is 0.759. The van der Waals surface area contributed by atoms with Crippen LogP contribution in [0.25, 0.3) is 0 Å². The molecule has 1 saturated heterocycles. The Morgan fingerprint density at radius 2 is 1.73 bits per heavy atom. The van der Waals surface area contributed by atoms with Gasteiger partial charge in [-0.15, -0.1) is 10.2 Å². The first-order valence-corrected chi connectivity index (χ1v) is 9.16. The molecule has 2 heterocycles. The zero-order valence-corrected chi connectivity index (χ0v) is 15.8. The number of benzene rings is 1. The van der Waals surface area contributed by atoms with Crippen molar-refractivity contribution in [2.45, 2.75) is 26.4 Å². The van der Waals surface area contributed by atoms with Crippen molar-refractivity contribution in [3.05, 3.63) is 53.7 Å². The summed E-state index contributed by atoms with van der Waals surface area (Å²) in [6.07, 6.45) is 0. The minimum atomic E-state index is -0.0312. The minimum Gasteiger partial charge on any atom is -0.348 e. The Hall–Kier alpha value is -2.47. The molecule has 6 nitrogen and oxygen atoms in total. The van der Waals surface area contributed by atoms with Crippen molar-refractivity contribution in [2.24, 2.45) is 0 Å². The molecule has 0 unspecified atom stereocenters. The molecular weight excluding hydrogens is 326 g/mol. The summed E-state index contributed by atoms with van der Waals surface area (Å²) in [6, 6.07) is 14.3. The number of hydrogen-bond acceptors (Lipinski definition) is 5. The minimum absolute atomic E-state index is 0.0312. The monoisotopic (exact) mass is 353 g/mol. The molecule has 6 heteroatoms. The summed E-state index contributed by atoms with van der Waals surface area (Å²) in [5, 5.41) is 8.57. The molecule has 1 fully saturated rings. The van der Waals surface area contributed by atoms with Crippen LogP contribution in [0.5, 0.6) is 0 Å². The van der Waals surface area contributed by atoms with Crippen molar-refractivity contribution in [1.29, 1.82) is 0 Å². The Morgan fingerprint density at radius 3 is 2.31 bits per heavy atom. The van der Waals surface area contributed by atoms with E-state index in [2.05, 4.69) is 53.0 Å². The van der Waals surface area contributed by atoms with Crippen molar-refractivity contribution in [3.8, 4) is 0 Å². The van der Waals surface area contributed by atoms with Crippen LogP contribution in [-0.2, 0) is 6.54 Å². The number of amides is 1. The average Bonchev–Trinajstić information content (AvgIpc) is 2.67. The second kappa shape index (κ2) is 8.27. The summed E-state index contributed by atoms with van der Waals surface area (Å²) in [5.41, 5.74) is 1.64. The molecule has 0 saturated carbocycles. The van der Waals surface area contributed by atoms with E-state index in [1.165, 1.54) is 5.56 Å². The van der Waals surface area contributed by atoms with Crippen molar-refractivity contribution in [3.63, 3.8) is 0 Å². The molecule has 0 bridgehead atoms. The van der Waals surface area contributed by atoms with Gasteiger partial charge in [-0.25, -0.2) is 0 Å². The van der Waals surface area contributed by atoms with Crippen LogP contribution in [0.15, 0.2) is 42.5 Å². The molecule has 138 valence electrons. The fraction of sp³-hybridized carbons (Fsp3) is 0.450. The van der Waals surface area contributed by atoms with Gasteiger partial charge in [0.05, 0.1) is 0 Å². The third kappa shape index (κ3) is 4.38. The largest absolute Gasteiger partial charge is 0.348 e. The second-order valence-electron chi connectivity index (χ2n) is 7.08. The lowest BCUT2D eigenvalue weighted by Crippen LogP contribution is -2.47. The summed E-state index contributed by atoms with van der Waals surface area (Å²) in [4.78, 5) is 18.9. The first-order chi connectivity index (χ1) is 12.5. The quantitative estimate of drug-likeness (QED) is 0.825. The smallest absolute Gasteiger partial charge is 0.274 e. The van der Waals surface area contributed by atoms with E-state index in [4.69, 9.17) is 0 Å². The van der Waals surface area contributed by atoms with Crippen LogP contribution in [0.2, 0.25) is 0 Å². The van der Waals surface area contributed by atoms with E-state index in [-0.39, 0.29) is 11.9 Å². The number of nitrogens with zero attached hydrogens (tertiary/aromatic N) is 5. The van der Waals surface area contributed by atoms with Gasteiger partial charge in [-0.05, 0) is 38.6 Å². The first-order valence-electron chi connectivity index (χ1n) is 9.16. The molecule has 26 heavy (non-hydrogen) atoms. The Bertz CT molecular complexity index is 709. The summed E-state index contributed by atoms with van der Waals surface area (Å²) < 4.78 is 0. The highest BCUT2D eigenvalue weighted by Gasteiger charge is 2.22. The Morgan fingerprint density at radius 1 is 1.04 bits per heavy atom. The molecule has 2 aromatic rings. The standard InChI is InChI=1S/C20H27N5O/c1-16(2)25(15-17-7-5-4-6-8-17)19-10-9-18(21-22-19)20(26)24-13-11-23(3)12-14-24/h4-10,16H,11-15H2,1-3H3. The molecule has 1 aliphatic rings. The lowest BCUT2D eigenvalue weighted by Gasteiger charge is -2.32. The van der Waals surface area contributed by atoms with Crippen LogP contribution in [0.3, 0.4) is 0 Å². The molecule has 1 aliphatic heterocycles. The van der Waals surface area contributed by atoms with Gasteiger partial charge in [0.25, 0.3) is 5.91 Å². The van der Waals surface area contributed by atoms with Gasteiger partial charge in [-0.1, -0.05) is 30.3 Å². The van der Waals surface area contributed by atoms with E-state index < -0.39 is 0 Å². The third-order valence-corrected chi connectivity index (χ3v) is 4.77. The van der Waals surface area contributed by atoms with Crippen molar-refractivity contribution >= 4 is 11.7 Å². The van der Waals surface area contributed by atoms with Crippen LogP contribution < -0.4 is 4.90 Å². The highest BCUT2D eigenvalue weighted by molar-refractivity contribution is 5.92. The molecule has 1 aromatic carbocycles. The number of rotatable bonds is 5. The number of hydrogen-bond donors (Lipinski definition) is 0. The number of piperazine rings is 1. The maximum Gasteiger partial charge on any atom is 0.274 e. The van der Waals surface area contributed by atoms with E-state index in [0.29, 0.717) is 5.69 Å². The zero-order valence-electron chi connectivity index (χ0n) is 15.8. The Balaban J connectivity index is 1.71. The van der Waals surface area contributed by atoms with E-state index in [9.17, 15) is 4.79 Å². The molecule has 0 N–H and O–H groups in total. The van der Waals surface area contributed by atoms with Gasteiger partial charge in [0.15, 0.2) is 11.5 Å². The molecular formula is C20H27N5O. The number of carbonyl (C=O) groups is 1. The van der Waals surface area contributed by atoms with Crippen molar-refractivity contribution < 1.29 is 4.79 Å². The SMILES string of the molecule is CC(C)N(Cc1ccccc1)c1ccc(C(=O)N2CCN(C)CC2)nn1. The van der Waals surface area contributed by atoms with Gasteiger partial charge in [0.1, 0.15) is 0 Å². The molecule has 0 aliphatic carbocycles. The lowest BCUT2D eigenvalue weighted by atomic mass is 10.2. The number of anilines is 1. The highest BCUT2D eigenvalue weighted by Crippen LogP contribution is 2.18. The Kier molecular flexibility index (Phi) is 5.83. The molecule has 0 spiro atoms. The van der Waals surface area contributed by atoms with Crippen LogP contribution in [0.1, 0.15) is 29.9 Å². The van der Waals surface area contributed by atoms with Gasteiger partial charge in [-0.2, -0.15) is 0 Å². The van der Waals surface area contributed by atoms with E-state index >= 15 is 0 Å². The van der Waals surface area contributed by atoms with Crippen molar-refractivity contribution in [2.75, 3.05) is 38.1 Å². The highest BCUT2D eigenvalue weighted by atomic mass is 16.2. The van der Waals surface area contributed by atoms with Gasteiger partial charge in [0, 0.05) is 38.8 Å². The predicted octanol–water partition coefficient (Wildman–Crippen LogP) is 2.28. The van der Waals surface area contributed by atoms with Crippen LogP contribution >= 0.6 is 0 Å². The second-order valence-corrected chi connectivity index (χ2v) is 7.08. The van der Waals surface area contributed by atoms with Gasteiger partial charge in [0.2, 0.25) is 0 Å². The van der Waals surface area contributed by atoms with E-state index in [0.717, 1.165) is 38.5 Å². The molecule has 0 atom stereocenters. The zero-order chi connectivity index (χ0) is 18.5. The topological polar surface area (TPSA) is 52.6 Å². The fourth-order valence-corrected chi connectivity index (χ4v) is 3.07. The first kappa shape index (κ1) is 18.3. The molecule has 1 amide bonds.